The van der Waals surface area contributed by atoms with E-state index >= 15 is 0 Å². The lowest BCUT2D eigenvalue weighted by atomic mass is 9.93. The molecule has 1 heterocycles. The van der Waals surface area contributed by atoms with Gasteiger partial charge in [-0.05, 0) is 76.1 Å². The van der Waals surface area contributed by atoms with Gasteiger partial charge < -0.3 is 15.0 Å². The van der Waals surface area contributed by atoms with E-state index in [1.54, 1.807) is 17.0 Å². The van der Waals surface area contributed by atoms with Crippen LogP contribution in [0.4, 0.5) is 11.4 Å². The van der Waals surface area contributed by atoms with Crippen LogP contribution in [0, 0.1) is 19.3 Å². The van der Waals surface area contributed by atoms with Gasteiger partial charge in [0.2, 0.25) is 5.91 Å². The smallest absolute Gasteiger partial charge is 0.255 e. The fourth-order valence-electron chi connectivity index (χ4n) is 3.12. The maximum absolute atomic E-state index is 12.8. The van der Waals surface area contributed by atoms with Gasteiger partial charge in [0.15, 0.2) is 0 Å². The predicted molar refractivity (Wildman–Crippen MR) is 108 cm³/mol. The summed E-state index contributed by atoms with van der Waals surface area (Å²) in [7, 11) is 0. The van der Waals surface area contributed by atoms with Crippen molar-refractivity contribution < 1.29 is 14.3 Å². The van der Waals surface area contributed by atoms with Gasteiger partial charge in [-0.3, -0.25) is 9.59 Å². The van der Waals surface area contributed by atoms with E-state index in [9.17, 15) is 9.59 Å². The van der Waals surface area contributed by atoms with E-state index in [1.165, 1.54) is 0 Å². The molecule has 0 aliphatic carbocycles. The van der Waals surface area contributed by atoms with Crippen molar-refractivity contribution in [1.29, 1.82) is 0 Å². The third-order valence-corrected chi connectivity index (χ3v) is 5.01. The molecule has 1 aliphatic heterocycles. The maximum Gasteiger partial charge on any atom is 0.255 e. The highest BCUT2D eigenvalue weighted by molar-refractivity contribution is 6.05. The molecule has 0 aromatic heterocycles. The number of hydrogen-bond donors (Lipinski definition) is 1. The molecule has 0 fully saturated rings. The predicted octanol–water partition coefficient (Wildman–Crippen LogP) is 4.33. The molecule has 2 aromatic rings. The Morgan fingerprint density at radius 2 is 1.89 bits per heavy atom. The van der Waals surface area contributed by atoms with Crippen LogP contribution in [-0.4, -0.2) is 25.0 Å². The molecule has 5 heteroatoms. The first-order valence-electron chi connectivity index (χ1n) is 9.20. The van der Waals surface area contributed by atoms with Gasteiger partial charge in [-0.25, -0.2) is 0 Å². The average molecular weight is 366 g/mol. The van der Waals surface area contributed by atoms with Crippen molar-refractivity contribution in [2.75, 3.05) is 23.4 Å². The van der Waals surface area contributed by atoms with Crippen LogP contribution in [-0.2, 0) is 4.79 Å². The van der Waals surface area contributed by atoms with Crippen LogP contribution in [0.15, 0.2) is 36.4 Å². The monoisotopic (exact) mass is 366 g/mol. The minimum absolute atomic E-state index is 0.0152. The fourth-order valence-corrected chi connectivity index (χ4v) is 3.12. The number of nitrogens with zero attached hydrogens (tertiary/aromatic N) is 1. The van der Waals surface area contributed by atoms with Crippen molar-refractivity contribution in [1.82, 2.24) is 0 Å². The van der Waals surface area contributed by atoms with Gasteiger partial charge >= 0.3 is 0 Å². The van der Waals surface area contributed by atoms with Gasteiger partial charge in [-0.2, -0.15) is 0 Å². The Balaban J connectivity index is 1.90. The minimum Gasteiger partial charge on any atom is -0.490 e. The highest BCUT2D eigenvalue weighted by Gasteiger charge is 2.37. The second-order valence-corrected chi connectivity index (χ2v) is 7.66. The van der Waals surface area contributed by atoms with Gasteiger partial charge in [-0.1, -0.05) is 6.07 Å². The van der Waals surface area contributed by atoms with E-state index in [2.05, 4.69) is 5.32 Å². The molecule has 1 N–H and O–H groups in total. The topological polar surface area (TPSA) is 58.6 Å². The summed E-state index contributed by atoms with van der Waals surface area (Å²) >= 11 is 0. The van der Waals surface area contributed by atoms with Crippen LogP contribution in [0.2, 0.25) is 0 Å². The number of hydrogen-bond acceptors (Lipinski definition) is 3. The molecule has 3 rings (SSSR count). The Kier molecular flexibility index (Phi) is 4.96. The third-order valence-electron chi connectivity index (χ3n) is 5.01. The third kappa shape index (κ3) is 3.68. The molecule has 2 aromatic carbocycles. The Morgan fingerprint density at radius 1 is 1.15 bits per heavy atom. The zero-order chi connectivity index (χ0) is 19.8. The number of fused-ring (bicyclic) bond motifs is 1. The molecule has 0 atom stereocenters. The number of rotatable bonds is 3. The van der Waals surface area contributed by atoms with Crippen molar-refractivity contribution in [2.24, 2.45) is 5.41 Å². The summed E-state index contributed by atoms with van der Waals surface area (Å²) < 4.78 is 5.86. The number of aryl methyl sites for hydroxylation is 2. The molecule has 0 unspecified atom stereocenters. The summed E-state index contributed by atoms with van der Waals surface area (Å²) in [6.07, 6.45) is 0. The molecule has 0 bridgehead atoms. The highest BCUT2D eigenvalue weighted by Crippen LogP contribution is 2.38. The second kappa shape index (κ2) is 7.06. The van der Waals surface area contributed by atoms with Gasteiger partial charge in [0.25, 0.3) is 5.91 Å². The molecule has 1 aliphatic rings. The molecule has 0 radical (unpaired) electrons. The first-order valence-corrected chi connectivity index (χ1v) is 9.20. The van der Waals surface area contributed by atoms with E-state index in [1.807, 2.05) is 58.9 Å². The van der Waals surface area contributed by atoms with Crippen molar-refractivity contribution in [3.63, 3.8) is 0 Å². The van der Waals surface area contributed by atoms with Crippen LogP contribution < -0.4 is 15.0 Å². The molecule has 0 spiro atoms. The molecule has 0 saturated heterocycles. The van der Waals surface area contributed by atoms with Crippen molar-refractivity contribution in [3.05, 3.63) is 53.1 Å². The number of anilines is 2. The Bertz CT molecular complexity index is 902. The zero-order valence-electron chi connectivity index (χ0n) is 16.6. The summed E-state index contributed by atoms with van der Waals surface area (Å²) in [6, 6.07) is 11.0. The average Bonchev–Trinajstić information content (AvgIpc) is 2.72. The normalized spacial score (nSPS) is 15.6. The number of benzene rings is 2. The lowest BCUT2D eigenvalue weighted by Gasteiger charge is -2.27. The molecule has 5 nitrogen and oxygen atoms in total. The van der Waals surface area contributed by atoms with Crippen LogP contribution >= 0.6 is 0 Å². The minimum atomic E-state index is -0.599. The molecule has 2 amide bonds. The maximum atomic E-state index is 12.8. The largest absolute Gasteiger partial charge is 0.490 e. The molecule has 27 heavy (non-hydrogen) atoms. The number of carbonyl (C=O) groups is 2. The number of ether oxygens (including phenoxy) is 1. The molecular formula is C22H26N2O3. The summed E-state index contributed by atoms with van der Waals surface area (Å²) in [5.74, 6) is 0.489. The van der Waals surface area contributed by atoms with Crippen LogP contribution in [0.5, 0.6) is 5.75 Å². The Morgan fingerprint density at radius 3 is 2.56 bits per heavy atom. The van der Waals surface area contributed by atoms with Gasteiger partial charge in [-0.15, -0.1) is 0 Å². The van der Waals surface area contributed by atoms with Crippen LogP contribution in [0.25, 0.3) is 0 Å². The van der Waals surface area contributed by atoms with Crippen molar-refractivity contribution in [3.8, 4) is 5.75 Å². The SMILES string of the molecule is CCN1C(=O)C(C)(C)COc2ccc(NC(=O)c3ccc(C)c(C)c3)cc21. The van der Waals surface area contributed by atoms with E-state index in [0.29, 0.717) is 35.8 Å². The van der Waals surface area contributed by atoms with E-state index < -0.39 is 5.41 Å². The van der Waals surface area contributed by atoms with E-state index in [4.69, 9.17) is 4.74 Å². The second-order valence-electron chi connectivity index (χ2n) is 7.66. The summed E-state index contributed by atoms with van der Waals surface area (Å²) in [6.45, 7) is 10.6. The van der Waals surface area contributed by atoms with E-state index in [0.717, 1.165) is 11.1 Å². The number of carbonyl (C=O) groups excluding carboxylic acids is 2. The lowest BCUT2D eigenvalue weighted by molar-refractivity contribution is -0.127. The van der Waals surface area contributed by atoms with Gasteiger partial charge in [0.05, 0.1) is 11.1 Å². The molecular weight excluding hydrogens is 340 g/mol. The zero-order valence-corrected chi connectivity index (χ0v) is 16.6. The summed E-state index contributed by atoms with van der Waals surface area (Å²) in [4.78, 5) is 27.2. The van der Waals surface area contributed by atoms with Crippen LogP contribution in [0.3, 0.4) is 0 Å². The van der Waals surface area contributed by atoms with E-state index in [-0.39, 0.29) is 11.8 Å². The highest BCUT2D eigenvalue weighted by atomic mass is 16.5. The quantitative estimate of drug-likeness (QED) is 0.880. The fraction of sp³-hybridized carbons (Fsp3) is 0.364. The van der Waals surface area contributed by atoms with Gasteiger partial charge in [0, 0.05) is 17.8 Å². The summed E-state index contributed by atoms with van der Waals surface area (Å²) in [5, 5.41) is 2.92. The molecule has 142 valence electrons. The number of amides is 2. The Labute approximate surface area is 160 Å². The first kappa shape index (κ1) is 19.0. The van der Waals surface area contributed by atoms with Crippen LogP contribution in [0.1, 0.15) is 42.3 Å². The lowest BCUT2D eigenvalue weighted by Crippen LogP contribution is -2.42. The van der Waals surface area contributed by atoms with Crippen molar-refractivity contribution >= 4 is 23.2 Å². The Hall–Kier alpha value is -2.82. The number of nitrogens with one attached hydrogen (secondary N) is 1. The standard InChI is InChI=1S/C22H26N2O3/c1-6-24-18-12-17(9-10-19(18)27-13-22(4,5)21(24)26)23-20(25)16-8-7-14(2)15(3)11-16/h7-12H,6,13H2,1-5H3,(H,23,25). The first-order chi connectivity index (χ1) is 12.7. The van der Waals surface area contributed by atoms with Gasteiger partial charge in [0.1, 0.15) is 12.4 Å². The molecule has 0 saturated carbocycles. The van der Waals surface area contributed by atoms with Crippen molar-refractivity contribution in [2.45, 2.75) is 34.6 Å². The summed E-state index contributed by atoms with van der Waals surface area (Å²) in [5.41, 5.74) is 3.54.